The standard InChI is InChI=1S/C30H39N3O6/c1-30(2,3)39-29(35)32-17-24-20-36-21-25(18-32)33(24)23-10-7-11-27(16-23)38-26-12-14-31(15-13-26)28(34)37-19-22-8-5-4-6-9-22/h4-11,16,24-26H,12-15,17-21H2,1-3H3/t24-,25+. The highest BCUT2D eigenvalue weighted by Gasteiger charge is 2.41. The summed E-state index contributed by atoms with van der Waals surface area (Å²) in [5, 5.41) is 0. The minimum absolute atomic E-state index is 0.0327. The predicted octanol–water partition coefficient (Wildman–Crippen LogP) is 4.69. The van der Waals surface area contributed by atoms with E-state index < -0.39 is 5.60 Å². The molecule has 0 spiro atoms. The Morgan fingerprint density at radius 3 is 2.26 bits per heavy atom. The molecular formula is C30H39N3O6. The molecule has 0 aromatic heterocycles. The highest BCUT2D eigenvalue weighted by molar-refractivity contribution is 5.69. The highest BCUT2D eigenvalue weighted by Crippen LogP contribution is 2.32. The van der Waals surface area contributed by atoms with E-state index in [0.29, 0.717) is 39.4 Å². The molecule has 3 aliphatic heterocycles. The van der Waals surface area contributed by atoms with Crippen LogP contribution in [-0.4, -0.2) is 85.2 Å². The fourth-order valence-corrected chi connectivity index (χ4v) is 5.44. The van der Waals surface area contributed by atoms with Gasteiger partial charge in [0.25, 0.3) is 0 Å². The summed E-state index contributed by atoms with van der Waals surface area (Å²) in [4.78, 5) is 31.1. The van der Waals surface area contributed by atoms with Crippen molar-refractivity contribution in [1.29, 1.82) is 0 Å². The summed E-state index contributed by atoms with van der Waals surface area (Å²) in [6.45, 7) is 9.36. The van der Waals surface area contributed by atoms with Gasteiger partial charge in [0.2, 0.25) is 0 Å². The Hall–Kier alpha value is -3.46. The number of amides is 2. The Kier molecular flexibility index (Phi) is 8.16. The average Bonchev–Trinajstić information content (AvgIpc) is 2.91. The molecule has 3 aliphatic rings. The smallest absolute Gasteiger partial charge is 0.410 e. The van der Waals surface area contributed by atoms with E-state index in [1.807, 2.05) is 63.2 Å². The van der Waals surface area contributed by atoms with Crippen LogP contribution >= 0.6 is 0 Å². The third kappa shape index (κ3) is 6.95. The van der Waals surface area contributed by atoms with Crippen molar-refractivity contribution in [2.45, 2.75) is 64.0 Å². The van der Waals surface area contributed by atoms with Crippen LogP contribution < -0.4 is 9.64 Å². The monoisotopic (exact) mass is 537 g/mol. The zero-order valence-corrected chi connectivity index (χ0v) is 23.1. The van der Waals surface area contributed by atoms with Crippen LogP contribution in [0.1, 0.15) is 39.2 Å². The van der Waals surface area contributed by atoms with Gasteiger partial charge in [0, 0.05) is 50.8 Å². The van der Waals surface area contributed by atoms with Gasteiger partial charge >= 0.3 is 12.2 Å². The first-order valence-corrected chi connectivity index (χ1v) is 13.8. The Morgan fingerprint density at radius 1 is 0.897 bits per heavy atom. The Bertz CT molecular complexity index is 1120. The van der Waals surface area contributed by atoms with E-state index in [2.05, 4.69) is 17.0 Å². The van der Waals surface area contributed by atoms with Crippen LogP contribution in [-0.2, 0) is 20.8 Å². The second-order valence-corrected chi connectivity index (χ2v) is 11.5. The third-order valence-electron chi connectivity index (χ3n) is 7.25. The second kappa shape index (κ2) is 11.7. The van der Waals surface area contributed by atoms with Crippen molar-refractivity contribution in [2.24, 2.45) is 0 Å². The van der Waals surface area contributed by atoms with Crippen molar-refractivity contribution in [1.82, 2.24) is 9.80 Å². The minimum atomic E-state index is -0.524. The van der Waals surface area contributed by atoms with Crippen molar-refractivity contribution in [3.8, 4) is 5.75 Å². The van der Waals surface area contributed by atoms with E-state index >= 15 is 0 Å². The Labute approximate surface area is 230 Å². The van der Waals surface area contributed by atoms with Gasteiger partial charge in [-0.1, -0.05) is 36.4 Å². The summed E-state index contributed by atoms with van der Waals surface area (Å²) in [5.41, 5.74) is 1.52. The lowest BCUT2D eigenvalue weighted by Crippen LogP contribution is -2.66. The van der Waals surface area contributed by atoms with E-state index in [4.69, 9.17) is 18.9 Å². The van der Waals surface area contributed by atoms with Crippen LogP contribution in [0.25, 0.3) is 0 Å². The predicted molar refractivity (Wildman–Crippen MR) is 147 cm³/mol. The molecule has 9 heteroatoms. The van der Waals surface area contributed by atoms with Crippen molar-refractivity contribution in [3.63, 3.8) is 0 Å². The number of nitrogens with zero attached hydrogens (tertiary/aromatic N) is 3. The molecule has 0 aliphatic carbocycles. The normalized spacial score (nSPS) is 21.9. The van der Waals surface area contributed by atoms with Gasteiger partial charge < -0.3 is 33.6 Å². The summed E-state index contributed by atoms with van der Waals surface area (Å²) in [5.74, 6) is 0.811. The molecule has 2 aromatic rings. The third-order valence-corrected chi connectivity index (χ3v) is 7.25. The molecule has 2 bridgehead atoms. The fraction of sp³-hybridized carbons (Fsp3) is 0.533. The molecule has 9 nitrogen and oxygen atoms in total. The number of hydrogen-bond donors (Lipinski definition) is 0. The van der Waals surface area contributed by atoms with Crippen LogP contribution in [0.4, 0.5) is 15.3 Å². The second-order valence-electron chi connectivity index (χ2n) is 11.5. The van der Waals surface area contributed by atoms with Crippen molar-refractivity contribution >= 4 is 17.9 Å². The maximum atomic E-state index is 12.7. The van der Waals surface area contributed by atoms with E-state index in [-0.39, 0.29) is 37.0 Å². The minimum Gasteiger partial charge on any atom is -0.490 e. The van der Waals surface area contributed by atoms with Gasteiger partial charge in [-0.15, -0.1) is 0 Å². The number of anilines is 1. The first-order valence-electron chi connectivity index (χ1n) is 13.8. The van der Waals surface area contributed by atoms with Crippen LogP contribution in [0.15, 0.2) is 54.6 Å². The molecule has 3 fully saturated rings. The molecule has 0 saturated carbocycles. The number of carbonyl (C=O) groups excluding carboxylic acids is 2. The fourth-order valence-electron chi connectivity index (χ4n) is 5.44. The summed E-state index contributed by atoms with van der Waals surface area (Å²) in [6.07, 6.45) is 0.978. The number of likely N-dealkylation sites (tertiary alicyclic amines) is 1. The lowest BCUT2D eigenvalue weighted by atomic mass is 10.0. The molecular weight excluding hydrogens is 498 g/mol. The molecule has 0 N–H and O–H groups in total. The van der Waals surface area contributed by atoms with E-state index in [1.165, 1.54) is 0 Å². The van der Waals surface area contributed by atoms with Crippen molar-refractivity contribution in [3.05, 3.63) is 60.2 Å². The number of fused-ring (bicyclic) bond motifs is 2. The molecule has 3 saturated heterocycles. The maximum Gasteiger partial charge on any atom is 0.410 e. The van der Waals surface area contributed by atoms with Crippen LogP contribution in [0.2, 0.25) is 0 Å². The molecule has 3 heterocycles. The van der Waals surface area contributed by atoms with Gasteiger partial charge in [0.05, 0.1) is 25.3 Å². The van der Waals surface area contributed by atoms with Gasteiger partial charge in [0.15, 0.2) is 0 Å². The molecule has 210 valence electrons. The van der Waals surface area contributed by atoms with Gasteiger partial charge in [-0.2, -0.15) is 0 Å². The first-order chi connectivity index (χ1) is 18.7. The van der Waals surface area contributed by atoms with Crippen LogP contribution in [0.5, 0.6) is 5.75 Å². The van der Waals surface area contributed by atoms with Gasteiger partial charge in [-0.25, -0.2) is 9.59 Å². The zero-order chi connectivity index (χ0) is 27.4. The summed E-state index contributed by atoms with van der Waals surface area (Å²) in [7, 11) is 0. The number of morpholine rings is 1. The highest BCUT2D eigenvalue weighted by atomic mass is 16.6. The molecule has 2 aromatic carbocycles. The van der Waals surface area contributed by atoms with Crippen LogP contribution in [0.3, 0.4) is 0 Å². The molecule has 0 unspecified atom stereocenters. The molecule has 2 amide bonds. The van der Waals surface area contributed by atoms with Crippen molar-refractivity contribution in [2.75, 3.05) is 44.3 Å². The summed E-state index contributed by atoms with van der Waals surface area (Å²) < 4.78 is 23.3. The lowest BCUT2D eigenvalue weighted by molar-refractivity contribution is -0.0105. The van der Waals surface area contributed by atoms with E-state index in [1.54, 1.807) is 9.80 Å². The van der Waals surface area contributed by atoms with E-state index in [0.717, 1.165) is 29.8 Å². The summed E-state index contributed by atoms with van der Waals surface area (Å²) >= 11 is 0. The Morgan fingerprint density at radius 2 is 1.59 bits per heavy atom. The number of benzene rings is 2. The first kappa shape index (κ1) is 27.1. The quantitative estimate of drug-likeness (QED) is 0.547. The lowest BCUT2D eigenvalue weighted by Gasteiger charge is -2.50. The topological polar surface area (TPSA) is 80.8 Å². The number of carbonyl (C=O) groups is 2. The van der Waals surface area contributed by atoms with Gasteiger partial charge in [-0.05, 0) is 38.5 Å². The van der Waals surface area contributed by atoms with Crippen LogP contribution in [0, 0.1) is 0 Å². The SMILES string of the molecule is CC(C)(C)OC(=O)N1C[C@H]2COC[C@@H](C1)N2c1cccc(OC2CCN(C(=O)OCc3ccccc3)CC2)c1. The molecule has 39 heavy (non-hydrogen) atoms. The number of hydrogen-bond acceptors (Lipinski definition) is 7. The number of rotatable bonds is 5. The maximum absolute atomic E-state index is 12.7. The molecule has 0 radical (unpaired) electrons. The molecule has 2 atom stereocenters. The average molecular weight is 538 g/mol. The van der Waals surface area contributed by atoms with Gasteiger partial charge in [0.1, 0.15) is 24.1 Å². The molecule has 5 rings (SSSR count). The number of ether oxygens (including phenoxy) is 4. The zero-order valence-electron chi connectivity index (χ0n) is 23.1. The largest absolute Gasteiger partial charge is 0.490 e. The Balaban J connectivity index is 1.14. The van der Waals surface area contributed by atoms with E-state index in [9.17, 15) is 9.59 Å². The number of piperidine rings is 1. The number of piperazine rings is 1. The summed E-state index contributed by atoms with van der Waals surface area (Å²) in [6, 6.07) is 18.0. The van der Waals surface area contributed by atoms with Gasteiger partial charge in [-0.3, -0.25) is 0 Å². The van der Waals surface area contributed by atoms with Crippen molar-refractivity contribution < 1.29 is 28.5 Å².